The minimum Gasteiger partial charge on any atom is -0.369 e. The number of primary amides is 1. The van der Waals surface area contributed by atoms with Gasteiger partial charge in [-0.1, -0.05) is 6.92 Å². The predicted octanol–water partition coefficient (Wildman–Crippen LogP) is -1.62. The topological polar surface area (TPSA) is 105 Å². The van der Waals surface area contributed by atoms with Crippen molar-refractivity contribution >= 4 is 16.1 Å². The molecule has 7 nitrogen and oxygen atoms in total. The molecule has 0 spiro atoms. The molecule has 1 rings (SSSR count). The zero-order valence-corrected chi connectivity index (χ0v) is 10.8. The number of hydrogen-bond acceptors (Lipinski definition) is 4. The maximum absolute atomic E-state index is 12.0. The van der Waals surface area contributed by atoms with E-state index in [2.05, 4.69) is 10.0 Å². The highest BCUT2D eigenvalue weighted by Gasteiger charge is 2.32. The maximum Gasteiger partial charge on any atom is 0.280 e. The van der Waals surface area contributed by atoms with Crippen molar-refractivity contribution in [2.24, 2.45) is 5.73 Å². The molecule has 1 heterocycles. The second-order valence-electron chi connectivity index (χ2n) is 4.06. The van der Waals surface area contributed by atoms with Gasteiger partial charge in [-0.25, -0.2) is 4.72 Å². The van der Waals surface area contributed by atoms with Gasteiger partial charge in [0.25, 0.3) is 10.2 Å². The molecule has 1 aliphatic rings. The first-order chi connectivity index (χ1) is 7.97. The number of nitrogens with zero attached hydrogens (tertiary/aromatic N) is 1. The van der Waals surface area contributed by atoms with E-state index < -0.39 is 16.1 Å². The number of hydrogen-bond donors (Lipinski definition) is 3. The van der Waals surface area contributed by atoms with Crippen LogP contribution in [0.25, 0.3) is 0 Å². The lowest BCUT2D eigenvalue weighted by atomic mass is 10.2. The molecule has 8 heteroatoms. The lowest BCUT2D eigenvalue weighted by Crippen LogP contribution is -2.50. The van der Waals surface area contributed by atoms with Crippen LogP contribution in [0.2, 0.25) is 0 Å². The smallest absolute Gasteiger partial charge is 0.280 e. The second kappa shape index (κ2) is 6.29. The van der Waals surface area contributed by atoms with E-state index in [4.69, 9.17) is 5.73 Å². The highest BCUT2D eigenvalue weighted by Crippen LogP contribution is 2.12. The summed E-state index contributed by atoms with van der Waals surface area (Å²) >= 11 is 0. The predicted molar refractivity (Wildman–Crippen MR) is 64.4 cm³/mol. The molecule has 1 fully saturated rings. The third-order valence-electron chi connectivity index (χ3n) is 2.60. The van der Waals surface area contributed by atoms with Gasteiger partial charge >= 0.3 is 0 Å². The molecule has 100 valence electrons. The molecular formula is C9H20N4O3S. The van der Waals surface area contributed by atoms with Crippen LogP contribution >= 0.6 is 0 Å². The normalized spacial score (nSPS) is 20.9. The molecule has 1 unspecified atom stereocenters. The fraction of sp³-hybridized carbons (Fsp3) is 0.889. The molecule has 0 radical (unpaired) electrons. The van der Waals surface area contributed by atoms with E-state index >= 15 is 0 Å². The number of carbonyl (C=O) groups excluding carboxylic acids is 1. The van der Waals surface area contributed by atoms with Crippen LogP contribution in [-0.4, -0.2) is 50.9 Å². The van der Waals surface area contributed by atoms with Gasteiger partial charge in [0.15, 0.2) is 0 Å². The van der Waals surface area contributed by atoms with Gasteiger partial charge in [0.1, 0.15) is 0 Å². The molecule has 1 amide bonds. The third kappa shape index (κ3) is 4.23. The molecular weight excluding hydrogens is 244 g/mol. The summed E-state index contributed by atoms with van der Waals surface area (Å²) in [6, 6.07) is -0.197. The molecule has 0 bridgehead atoms. The molecule has 4 N–H and O–H groups in total. The Morgan fingerprint density at radius 2 is 2.29 bits per heavy atom. The van der Waals surface area contributed by atoms with Crippen LogP contribution in [0.15, 0.2) is 0 Å². The zero-order chi connectivity index (χ0) is 12.9. The van der Waals surface area contributed by atoms with Crippen LogP contribution in [0.4, 0.5) is 0 Å². The lowest BCUT2D eigenvalue weighted by Gasteiger charge is -2.26. The van der Waals surface area contributed by atoms with Crippen LogP contribution in [0.1, 0.15) is 19.8 Å². The minimum absolute atomic E-state index is 0.197. The average Bonchev–Trinajstić information content (AvgIpc) is 2.76. The van der Waals surface area contributed by atoms with Gasteiger partial charge in [0.05, 0.1) is 6.54 Å². The molecule has 0 aromatic rings. The van der Waals surface area contributed by atoms with Crippen LogP contribution in [0, 0.1) is 0 Å². The Morgan fingerprint density at radius 3 is 2.76 bits per heavy atom. The van der Waals surface area contributed by atoms with Crippen molar-refractivity contribution in [1.82, 2.24) is 14.3 Å². The zero-order valence-electron chi connectivity index (χ0n) is 9.98. The molecule has 0 saturated carbocycles. The van der Waals surface area contributed by atoms with Gasteiger partial charge in [0, 0.05) is 19.1 Å². The number of amides is 1. The summed E-state index contributed by atoms with van der Waals surface area (Å²) in [6.45, 7) is 3.27. The SMILES string of the molecule is CCCNS(=O)(=O)N(CC(N)=O)C1CCNC1. The van der Waals surface area contributed by atoms with E-state index in [0.29, 0.717) is 25.9 Å². The van der Waals surface area contributed by atoms with Crippen molar-refractivity contribution in [2.75, 3.05) is 26.2 Å². The second-order valence-corrected chi connectivity index (χ2v) is 5.77. The quantitative estimate of drug-likeness (QED) is 0.514. The Kier molecular flexibility index (Phi) is 5.31. The van der Waals surface area contributed by atoms with E-state index in [1.807, 2.05) is 6.92 Å². The third-order valence-corrected chi connectivity index (χ3v) is 4.21. The summed E-state index contributed by atoms with van der Waals surface area (Å²) in [6.07, 6.45) is 1.40. The van der Waals surface area contributed by atoms with Gasteiger partial charge in [-0.3, -0.25) is 4.79 Å². The Bertz CT molecular complexity index is 351. The van der Waals surface area contributed by atoms with Crippen molar-refractivity contribution in [3.05, 3.63) is 0 Å². The first kappa shape index (κ1) is 14.4. The lowest BCUT2D eigenvalue weighted by molar-refractivity contribution is -0.118. The number of rotatable bonds is 7. The van der Waals surface area contributed by atoms with Crippen LogP contribution < -0.4 is 15.8 Å². The van der Waals surface area contributed by atoms with Gasteiger partial charge in [-0.15, -0.1) is 0 Å². The van der Waals surface area contributed by atoms with Crippen molar-refractivity contribution in [3.63, 3.8) is 0 Å². The summed E-state index contributed by atoms with van der Waals surface area (Å²) in [5.74, 6) is -0.640. The monoisotopic (exact) mass is 264 g/mol. The number of nitrogens with two attached hydrogens (primary N) is 1. The summed E-state index contributed by atoms with van der Waals surface area (Å²) in [5, 5.41) is 3.07. The molecule has 1 atom stereocenters. The largest absolute Gasteiger partial charge is 0.369 e. The van der Waals surface area contributed by atoms with Crippen molar-refractivity contribution in [1.29, 1.82) is 0 Å². The summed E-state index contributed by atoms with van der Waals surface area (Å²) in [5.41, 5.74) is 5.09. The molecule has 1 saturated heterocycles. The molecule has 0 aliphatic carbocycles. The van der Waals surface area contributed by atoms with E-state index in [1.165, 1.54) is 0 Å². The Hall–Kier alpha value is -0.700. The van der Waals surface area contributed by atoms with Crippen LogP contribution in [0.3, 0.4) is 0 Å². The number of nitrogens with one attached hydrogen (secondary N) is 2. The first-order valence-corrected chi connectivity index (χ1v) is 7.17. The van der Waals surface area contributed by atoms with E-state index in [0.717, 1.165) is 10.8 Å². The van der Waals surface area contributed by atoms with E-state index in [9.17, 15) is 13.2 Å². The molecule has 1 aliphatic heterocycles. The fourth-order valence-electron chi connectivity index (χ4n) is 1.76. The highest BCUT2D eigenvalue weighted by molar-refractivity contribution is 7.87. The van der Waals surface area contributed by atoms with Gasteiger partial charge in [-0.05, 0) is 19.4 Å². The van der Waals surface area contributed by atoms with E-state index in [1.54, 1.807) is 0 Å². The standard InChI is InChI=1S/C9H20N4O3S/c1-2-4-12-17(15,16)13(7-9(10)14)8-3-5-11-6-8/h8,11-12H,2-7H2,1H3,(H2,10,14). The molecule has 0 aromatic heterocycles. The Balaban J connectivity index is 2.76. The van der Waals surface area contributed by atoms with Gasteiger partial charge in [0.2, 0.25) is 5.91 Å². The number of carbonyl (C=O) groups is 1. The van der Waals surface area contributed by atoms with Crippen molar-refractivity contribution in [2.45, 2.75) is 25.8 Å². The summed E-state index contributed by atoms with van der Waals surface area (Å²) in [4.78, 5) is 11.0. The van der Waals surface area contributed by atoms with Crippen LogP contribution in [-0.2, 0) is 15.0 Å². The van der Waals surface area contributed by atoms with Crippen LogP contribution in [0.5, 0.6) is 0 Å². The highest BCUT2D eigenvalue weighted by atomic mass is 32.2. The van der Waals surface area contributed by atoms with Gasteiger partial charge < -0.3 is 11.1 Å². The van der Waals surface area contributed by atoms with Gasteiger partial charge in [-0.2, -0.15) is 12.7 Å². The molecule has 0 aromatic carbocycles. The molecule has 17 heavy (non-hydrogen) atoms. The first-order valence-electron chi connectivity index (χ1n) is 5.73. The summed E-state index contributed by atoms with van der Waals surface area (Å²) in [7, 11) is -3.62. The summed E-state index contributed by atoms with van der Waals surface area (Å²) < 4.78 is 27.6. The van der Waals surface area contributed by atoms with Crippen molar-refractivity contribution < 1.29 is 13.2 Å². The van der Waals surface area contributed by atoms with E-state index in [-0.39, 0.29) is 12.6 Å². The Labute approximate surface area is 102 Å². The maximum atomic E-state index is 12.0. The van der Waals surface area contributed by atoms with Crippen molar-refractivity contribution in [3.8, 4) is 0 Å². The fourth-order valence-corrected chi connectivity index (χ4v) is 3.26. The average molecular weight is 264 g/mol. The Morgan fingerprint density at radius 1 is 1.59 bits per heavy atom. The minimum atomic E-state index is -3.62.